The van der Waals surface area contributed by atoms with Gasteiger partial charge >= 0.3 is 0 Å². The second-order valence-corrected chi connectivity index (χ2v) is 7.37. The molecule has 23 heavy (non-hydrogen) atoms. The van der Waals surface area contributed by atoms with Crippen molar-refractivity contribution in [2.75, 3.05) is 23.3 Å². The van der Waals surface area contributed by atoms with Crippen molar-refractivity contribution in [3.63, 3.8) is 0 Å². The summed E-state index contributed by atoms with van der Waals surface area (Å²) in [4.78, 5) is 11.5. The van der Waals surface area contributed by atoms with Crippen LogP contribution in [0.15, 0.2) is 6.07 Å². The maximum absolute atomic E-state index is 5.42. The van der Waals surface area contributed by atoms with Crippen molar-refractivity contribution in [1.29, 1.82) is 0 Å². The SMILES string of the molecule is Cc1cc(N2CCC[C@H](C)C2)nc(NC(=S)NC2CCCC2)n1. The number of nitrogens with zero attached hydrogens (tertiary/aromatic N) is 3. The fourth-order valence-corrected chi connectivity index (χ4v) is 3.82. The second kappa shape index (κ2) is 7.43. The lowest BCUT2D eigenvalue weighted by Gasteiger charge is -2.32. The number of nitrogens with one attached hydrogen (secondary N) is 2. The third kappa shape index (κ3) is 4.53. The summed E-state index contributed by atoms with van der Waals surface area (Å²) in [5.74, 6) is 2.34. The number of rotatable bonds is 3. The van der Waals surface area contributed by atoms with E-state index in [2.05, 4.69) is 38.5 Å². The van der Waals surface area contributed by atoms with Gasteiger partial charge in [-0.2, -0.15) is 4.98 Å². The molecule has 1 aromatic heterocycles. The van der Waals surface area contributed by atoms with E-state index in [0.717, 1.165) is 30.5 Å². The van der Waals surface area contributed by atoms with Crippen molar-refractivity contribution in [3.05, 3.63) is 11.8 Å². The Morgan fingerprint density at radius 3 is 2.74 bits per heavy atom. The van der Waals surface area contributed by atoms with E-state index in [9.17, 15) is 0 Å². The largest absolute Gasteiger partial charge is 0.360 e. The molecule has 1 aliphatic carbocycles. The van der Waals surface area contributed by atoms with E-state index in [-0.39, 0.29) is 0 Å². The van der Waals surface area contributed by atoms with Gasteiger partial charge in [0.05, 0.1) is 0 Å². The highest BCUT2D eigenvalue weighted by molar-refractivity contribution is 7.80. The van der Waals surface area contributed by atoms with Crippen LogP contribution in [0, 0.1) is 12.8 Å². The van der Waals surface area contributed by atoms with Crippen molar-refractivity contribution >= 4 is 29.1 Å². The van der Waals surface area contributed by atoms with Crippen LogP contribution >= 0.6 is 12.2 Å². The van der Waals surface area contributed by atoms with Crippen LogP contribution in [0.25, 0.3) is 0 Å². The molecular formula is C17H27N5S. The van der Waals surface area contributed by atoms with Gasteiger partial charge in [-0.05, 0) is 50.7 Å². The van der Waals surface area contributed by atoms with Gasteiger partial charge in [0.2, 0.25) is 5.95 Å². The van der Waals surface area contributed by atoms with E-state index in [1.807, 2.05) is 6.92 Å². The predicted molar refractivity (Wildman–Crippen MR) is 99.0 cm³/mol. The van der Waals surface area contributed by atoms with Gasteiger partial charge in [-0.15, -0.1) is 0 Å². The van der Waals surface area contributed by atoms with Gasteiger partial charge < -0.3 is 15.5 Å². The first-order valence-electron chi connectivity index (χ1n) is 8.78. The van der Waals surface area contributed by atoms with Gasteiger partial charge in [-0.25, -0.2) is 4.98 Å². The molecule has 3 rings (SSSR count). The van der Waals surface area contributed by atoms with Crippen LogP contribution in [0.3, 0.4) is 0 Å². The van der Waals surface area contributed by atoms with Crippen LogP contribution in [0.1, 0.15) is 51.1 Å². The van der Waals surface area contributed by atoms with Gasteiger partial charge in [0.1, 0.15) is 5.82 Å². The van der Waals surface area contributed by atoms with Crippen molar-refractivity contribution in [3.8, 4) is 0 Å². The summed E-state index contributed by atoms with van der Waals surface area (Å²) in [6.07, 6.45) is 7.52. The van der Waals surface area contributed by atoms with Gasteiger partial charge in [0.25, 0.3) is 0 Å². The molecule has 2 fully saturated rings. The first kappa shape index (κ1) is 16.4. The lowest BCUT2D eigenvalue weighted by atomic mass is 10.0. The summed E-state index contributed by atoms with van der Waals surface area (Å²) in [5.41, 5.74) is 0.972. The summed E-state index contributed by atoms with van der Waals surface area (Å²) in [7, 11) is 0. The van der Waals surface area contributed by atoms with Gasteiger partial charge in [-0.1, -0.05) is 19.8 Å². The Bertz CT molecular complexity index is 556. The van der Waals surface area contributed by atoms with Crippen molar-refractivity contribution in [1.82, 2.24) is 15.3 Å². The summed E-state index contributed by atoms with van der Waals surface area (Å²) in [6.45, 7) is 6.46. The lowest BCUT2D eigenvalue weighted by Crippen LogP contribution is -2.37. The average Bonchev–Trinajstić information content (AvgIpc) is 2.99. The van der Waals surface area contributed by atoms with Crippen molar-refractivity contribution in [2.24, 2.45) is 5.92 Å². The van der Waals surface area contributed by atoms with E-state index in [0.29, 0.717) is 17.1 Å². The number of aromatic nitrogens is 2. The van der Waals surface area contributed by atoms with E-state index < -0.39 is 0 Å². The fourth-order valence-electron chi connectivity index (χ4n) is 3.56. The molecule has 1 saturated heterocycles. The molecule has 0 radical (unpaired) electrons. The van der Waals surface area contributed by atoms with Gasteiger partial charge in [0, 0.05) is 30.9 Å². The number of hydrogen-bond donors (Lipinski definition) is 2. The molecule has 1 atom stereocenters. The third-order valence-corrected chi connectivity index (χ3v) is 4.96. The van der Waals surface area contributed by atoms with Crippen LogP contribution in [0.5, 0.6) is 0 Å². The molecule has 0 unspecified atom stereocenters. The molecule has 0 spiro atoms. The van der Waals surface area contributed by atoms with E-state index in [1.54, 1.807) is 0 Å². The molecular weight excluding hydrogens is 306 g/mol. The van der Waals surface area contributed by atoms with Crippen LogP contribution in [0.4, 0.5) is 11.8 Å². The Morgan fingerprint density at radius 1 is 1.22 bits per heavy atom. The smallest absolute Gasteiger partial charge is 0.231 e. The highest BCUT2D eigenvalue weighted by Crippen LogP contribution is 2.23. The zero-order chi connectivity index (χ0) is 16.2. The molecule has 2 heterocycles. The number of anilines is 2. The number of hydrogen-bond acceptors (Lipinski definition) is 4. The second-order valence-electron chi connectivity index (χ2n) is 6.96. The molecule has 0 bridgehead atoms. The molecule has 2 N–H and O–H groups in total. The summed E-state index contributed by atoms with van der Waals surface area (Å²) < 4.78 is 0. The Balaban J connectivity index is 1.66. The Labute approximate surface area is 144 Å². The van der Waals surface area contributed by atoms with Crippen LogP contribution in [0.2, 0.25) is 0 Å². The summed E-state index contributed by atoms with van der Waals surface area (Å²) >= 11 is 5.42. The Morgan fingerprint density at radius 2 is 2.00 bits per heavy atom. The molecule has 0 aromatic carbocycles. The zero-order valence-electron chi connectivity index (χ0n) is 14.1. The molecule has 1 aliphatic heterocycles. The molecule has 1 aromatic rings. The number of aryl methyl sites for hydroxylation is 1. The normalized spacial score (nSPS) is 22.2. The maximum Gasteiger partial charge on any atom is 0.231 e. The Kier molecular flexibility index (Phi) is 5.30. The van der Waals surface area contributed by atoms with Gasteiger partial charge in [-0.3, -0.25) is 0 Å². The monoisotopic (exact) mass is 333 g/mol. The minimum atomic E-state index is 0.502. The lowest BCUT2D eigenvalue weighted by molar-refractivity contribution is 0.444. The number of thiocarbonyl (C=S) groups is 1. The zero-order valence-corrected chi connectivity index (χ0v) is 15.0. The molecule has 6 heteroatoms. The van der Waals surface area contributed by atoms with Crippen LogP contribution in [-0.2, 0) is 0 Å². The molecule has 2 aliphatic rings. The van der Waals surface area contributed by atoms with Gasteiger partial charge in [0.15, 0.2) is 5.11 Å². The molecule has 0 amide bonds. The molecule has 1 saturated carbocycles. The minimum Gasteiger partial charge on any atom is -0.360 e. The fraction of sp³-hybridized carbons (Fsp3) is 0.706. The van der Waals surface area contributed by atoms with E-state index in [4.69, 9.17) is 12.2 Å². The maximum atomic E-state index is 5.42. The van der Waals surface area contributed by atoms with E-state index >= 15 is 0 Å². The highest BCUT2D eigenvalue weighted by Gasteiger charge is 2.19. The Hall–Kier alpha value is -1.43. The highest BCUT2D eigenvalue weighted by atomic mass is 32.1. The molecule has 5 nitrogen and oxygen atoms in total. The first-order chi connectivity index (χ1) is 11.1. The predicted octanol–water partition coefficient (Wildman–Crippen LogP) is 3.25. The summed E-state index contributed by atoms with van der Waals surface area (Å²) in [6, 6.07) is 2.57. The van der Waals surface area contributed by atoms with Crippen molar-refractivity contribution < 1.29 is 0 Å². The number of piperidine rings is 1. The minimum absolute atomic E-state index is 0.502. The topological polar surface area (TPSA) is 53.1 Å². The standard InChI is InChI=1S/C17H27N5S/c1-12-6-5-9-22(11-12)15-10-13(2)18-16(20-15)21-17(23)19-14-7-3-4-8-14/h10,12,14H,3-9,11H2,1-2H3,(H2,18,19,20,21,23)/t12-/m0/s1. The third-order valence-electron chi connectivity index (χ3n) is 4.74. The van der Waals surface area contributed by atoms with Crippen molar-refractivity contribution in [2.45, 2.75) is 58.4 Å². The van der Waals surface area contributed by atoms with Crippen LogP contribution in [-0.4, -0.2) is 34.2 Å². The quantitative estimate of drug-likeness (QED) is 0.828. The molecule has 126 valence electrons. The first-order valence-corrected chi connectivity index (χ1v) is 9.19. The summed E-state index contributed by atoms with van der Waals surface area (Å²) in [5, 5.41) is 7.19. The van der Waals surface area contributed by atoms with E-state index in [1.165, 1.54) is 38.5 Å². The van der Waals surface area contributed by atoms with Crippen LogP contribution < -0.4 is 15.5 Å². The average molecular weight is 334 g/mol.